The Morgan fingerprint density at radius 1 is 0.929 bits per heavy atom. The van der Waals surface area contributed by atoms with Crippen LogP contribution in [0.25, 0.3) is 0 Å². The molecule has 8 nitrogen and oxygen atoms in total. The summed E-state index contributed by atoms with van der Waals surface area (Å²) in [4.78, 5) is 35.3. The van der Waals surface area contributed by atoms with Gasteiger partial charge in [0.25, 0.3) is 11.8 Å². The Morgan fingerprint density at radius 3 is 2.32 bits per heavy atom. The van der Waals surface area contributed by atoms with Crippen LogP contribution in [0.3, 0.4) is 0 Å². The number of amides is 2. The van der Waals surface area contributed by atoms with Gasteiger partial charge in [-0.15, -0.1) is 0 Å². The van der Waals surface area contributed by atoms with Gasteiger partial charge in [0.2, 0.25) is 0 Å². The molecule has 0 bridgehead atoms. The van der Waals surface area contributed by atoms with E-state index < -0.39 is 18.5 Å². The minimum absolute atomic E-state index is 0.271. The van der Waals surface area contributed by atoms with Gasteiger partial charge in [-0.3, -0.25) is 9.59 Å². The molecule has 0 aromatic heterocycles. The maximum absolute atomic E-state index is 11.9. The summed E-state index contributed by atoms with van der Waals surface area (Å²) in [6.45, 7) is 1.48. The summed E-state index contributed by atoms with van der Waals surface area (Å²) in [6.07, 6.45) is 0. The minimum Gasteiger partial charge on any atom is -0.490 e. The van der Waals surface area contributed by atoms with Crippen LogP contribution in [0, 0.1) is 0 Å². The van der Waals surface area contributed by atoms with E-state index in [1.54, 1.807) is 42.5 Å². The molecule has 2 aromatic rings. The zero-order valence-corrected chi connectivity index (χ0v) is 15.7. The number of hydrogen-bond acceptors (Lipinski definition) is 6. The normalized spacial score (nSPS) is 9.93. The van der Waals surface area contributed by atoms with Crippen LogP contribution < -0.4 is 20.1 Å². The van der Waals surface area contributed by atoms with E-state index in [0.29, 0.717) is 29.4 Å². The van der Waals surface area contributed by atoms with Gasteiger partial charge in [0.15, 0.2) is 24.7 Å². The lowest BCUT2D eigenvalue weighted by Gasteiger charge is -2.11. The Bertz CT molecular complexity index is 837. The van der Waals surface area contributed by atoms with Crippen LogP contribution in [0.5, 0.6) is 11.5 Å². The molecule has 2 N–H and O–H groups in total. The second kappa shape index (κ2) is 10.6. The molecule has 2 rings (SSSR count). The molecule has 8 heteroatoms. The molecule has 2 aromatic carbocycles. The molecule has 0 spiro atoms. The molecule has 28 heavy (non-hydrogen) atoms. The largest absolute Gasteiger partial charge is 0.490 e. The molecule has 0 aliphatic rings. The highest BCUT2D eigenvalue weighted by Crippen LogP contribution is 2.26. The summed E-state index contributed by atoms with van der Waals surface area (Å²) in [5.74, 6) is -0.562. The van der Waals surface area contributed by atoms with Gasteiger partial charge in [-0.25, -0.2) is 4.79 Å². The Hall–Kier alpha value is -3.55. The number of benzene rings is 2. The topological polar surface area (TPSA) is 103 Å². The van der Waals surface area contributed by atoms with Gasteiger partial charge in [0.1, 0.15) is 0 Å². The average molecular weight is 386 g/mol. The lowest BCUT2D eigenvalue weighted by Crippen LogP contribution is -2.24. The maximum atomic E-state index is 11.9. The zero-order chi connectivity index (χ0) is 20.4. The quantitative estimate of drug-likeness (QED) is 0.639. The van der Waals surface area contributed by atoms with Crippen LogP contribution in [-0.4, -0.2) is 44.7 Å². The van der Waals surface area contributed by atoms with E-state index in [9.17, 15) is 14.4 Å². The molecule has 0 atom stereocenters. The summed E-state index contributed by atoms with van der Waals surface area (Å²) in [6, 6.07) is 13.3. The van der Waals surface area contributed by atoms with Gasteiger partial charge in [0, 0.05) is 18.3 Å². The van der Waals surface area contributed by atoms with E-state index >= 15 is 0 Å². The van der Waals surface area contributed by atoms with Gasteiger partial charge < -0.3 is 24.8 Å². The molecule has 0 fully saturated rings. The SMILES string of the molecule is CCOc1ccccc1OCC(=O)OCC(=O)Nc1cccc(C(=O)NC)c1. The second-order valence-corrected chi connectivity index (χ2v) is 5.54. The van der Waals surface area contributed by atoms with Crippen LogP contribution in [0.4, 0.5) is 5.69 Å². The third kappa shape index (κ3) is 6.31. The van der Waals surface area contributed by atoms with Crippen molar-refractivity contribution in [1.29, 1.82) is 0 Å². The smallest absolute Gasteiger partial charge is 0.344 e. The van der Waals surface area contributed by atoms with E-state index in [1.165, 1.54) is 13.1 Å². The van der Waals surface area contributed by atoms with E-state index in [1.807, 2.05) is 6.92 Å². The highest BCUT2D eigenvalue weighted by Gasteiger charge is 2.11. The summed E-state index contributed by atoms with van der Waals surface area (Å²) in [5, 5.41) is 5.06. The van der Waals surface area contributed by atoms with E-state index in [4.69, 9.17) is 14.2 Å². The number of hydrogen-bond donors (Lipinski definition) is 2. The molecule has 0 unspecified atom stereocenters. The summed E-state index contributed by atoms with van der Waals surface area (Å²) < 4.78 is 15.7. The van der Waals surface area contributed by atoms with Crippen LogP contribution in [-0.2, 0) is 14.3 Å². The predicted octanol–water partition coefficient (Wildman–Crippen LogP) is 2.01. The summed E-state index contributed by atoms with van der Waals surface area (Å²) in [7, 11) is 1.52. The Balaban J connectivity index is 1.80. The van der Waals surface area contributed by atoms with E-state index in [0.717, 1.165) is 0 Å². The van der Waals surface area contributed by atoms with Crippen molar-refractivity contribution >= 4 is 23.5 Å². The fraction of sp³-hybridized carbons (Fsp3) is 0.250. The van der Waals surface area contributed by atoms with E-state index in [-0.39, 0.29) is 12.5 Å². The number of esters is 1. The van der Waals surface area contributed by atoms with Gasteiger partial charge in [-0.2, -0.15) is 0 Å². The van der Waals surface area contributed by atoms with Crippen LogP contribution in [0.1, 0.15) is 17.3 Å². The van der Waals surface area contributed by atoms with Crippen molar-refractivity contribution in [1.82, 2.24) is 5.32 Å². The van der Waals surface area contributed by atoms with Gasteiger partial charge in [0.05, 0.1) is 6.61 Å². The first kappa shape index (κ1) is 20.8. The van der Waals surface area contributed by atoms with Gasteiger partial charge in [-0.05, 0) is 37.3 Å². The first-order valence-electron chi connectivity index (χ1n) is 8.65. The predicted molar refractivity (Wildman–Crippen MR) is 103 cm³/mol. The highest BCUT2D eigenvalue weighted by molar-refractivity contribution is 5.97. The molecular formula is C20H22N2O6. The van der Waals surface area contributed by atoms with Gasteiger partial charge >= 0.3 is 5.97 Å². The van der Waals surface area contributed by atoms with Crippen molar-refractivity contribution < 1.29 is 28.6 Å². The van der Waals surface area contributed by atoms with Crippen LogP contribution in [0.15, 0.2) is 48.5 Å². The first-order chi connectivity index (χ1) is 13.5. The van der Waals surface area contributed by atoms with Gasteiger partial charge in [-0.1, -0.05) is 18.2 Å². The lowest BCUT2D eigenvalue weighted by molar-refractivity contribution is -0.149. The molecule has 0 heterocycles. The first-order valence-corrected chi connectivity index (χ1v) is 8.65. The maximum Gasteiger partial charge on any atom is 0.344 e. The molecule has 0 saturated carbocycles. The van der Waals surface area contributed by atoms with E-state index in [2.05, 4.69) is 10.6 Å². The van der Waals surface area contributed by atoms with Crippen molar-refractivity contribution in [3.63, 3.8) is 0 Å². The van der Waals surface area contributed by atoms with Crippen LogP contribution >= 0.6 is 0 Å². The number of para-hydroxylation sites is 2. The minimum atomic E-state index is -0.694. The standard InChI is InChI=1S/C20H22N2O6/c1-3-26-16-9-4-5-10-17(16)27-13-19(24)28-12-18(23)22-15-8-6-7-14(11-15)20(25)21-2/h4-11H,3,12-13H2,1-2H3,(H,21,25)(H,22,23). The molecule has 0 aliphatic heterocycles. The molecule has 2 amide bonds. The molecular weight excluding hydrogens is 364 g/mol. The number of carbonyl (C=O) groups is 3. The summed E-state index contributed by atoms with van der Waals surface area (Å²) >= 11 is 0. The highest BCUT2D eigenvalue weighted by atomic mass is 16.6. The van der Waals surface area contributed by atoms with Crippen LogP contribution in [0.2, 0.25) is 0 Å². The van der Waals surface area contributed by atoms with Crippen molar-refractivity contribution in [3.05, 3.63) is 54.1 Å². The van der Waals surface area contributed by atoms with Crippen molar-refractivity contribution in [2.75, 3.05) is 32.2 Å². The van der Waals surface area contributed by atoms with Crippen molar-refractivity contribution in [3.8, 4) is 11.5 Å². The fourth-order valence-corrected chi connectivity index (χ4v) is 2.25. The third-order valence-corrected chi connectivity index (χ3v) is 3.49. The molecule has 0 saturated heterocycles. The molecule has 148 valence electrons. The number of rotatable bonds is 9. The van der Waals surface area contributed by atoms with Crippen molar-refractivity contribution in [2.24, 2.45) is 0 Å². The number of anilines is 1. The van der Waals surface area contributed by atoms with Crippen molar-refractivity contribution in [2.45, 2.75) is 6.92 Å². The third-order valence-electron chi connectivity index (χ3n) is 3.49. The Kier molecular flexibility index (Phi) is 7.83. The second-order valence-electron chi connectivity index (χ2n) is 5.54. The zero-order valence-electron chi connectivity index (χ0n) is 15.7. The Morgan fingerprint density at radius 2 is 1.64 bits per heavy atom. The summed E-state index contributed by atoms with van der Waals surface area (Å²) in [5.41, 5.74) is 0.822. The number of carbonyl (C=O) groups excluding carboxylic acids is 3. The lowest BCUT2D eigenvalue weighted by atomic mass is 10.2. The number of ether oxygens (including phenoxy) is 3. The monoisotopic (exact) mass is 386 g/mol. The molecule has 0 aliphatic carbocycles. The Labute approximate surface area is 162 Å². The molecule has 0 radical (unpaired) electrons. The number of nitrogens with one attached hydrogen (secondary N) is 2. The fourth-order valence-electron chi connectivity index (χ4n) is 2.25. The average Bonchev–Trinajstić information content (AvgIpc) is 2.71.